The van der Waals surface area contributed by atoms with E-state index < -0.39 is 0 Å². The lowest BCUT2D eigenvalue weighted by Crippen LogP contribution is -2.38. The van der Waals surface area contributed by atoms with Gasteiger partial charge in [-0.15, -0.1) is 24.0 Å². The molecule has 148 valence electrons. The molecule has 6 heteroatoms. The van der Waals surface area contributed by atoms with E-state index in [0.29, 0.717) is 6.54 Å². The molecule has 0 aliphatic heterocycles. The molecule has 0 saturated heterocycles. The molecule has 5 nitrogen and oxygen atoms in total. The van der Waals surface area contributed by atoms with E-state index in [4.69, 9.17) is 4.99 Å². The Balaban J connectivity index is 0.00000280. The third-order valence-corrected chi connectivity index (χ3v) is 4.36. The molecule has 0 amide bonds. The third-order valence-electron chi connectivity index (χ3n) is 4.36. The number of aliphatic imine (C=N–C) groups is 1. The van der Waals surface area contributed by atoms with Gasteiger partial charge in [-0.1, -0.05) is 54.6 Å². The number of guanidine groups is 1. The highest BCUT2D eigenvalue weighted by Gasteiger charge is 2.07. The Morgan fingerprint density at radius 3 is 2.43 bits per heavy atom. The van der Waals surface area contributed by atoms with Crippen molar-refractivity contribution in [3.05, 3.63) is 90.0 Å². The first-order valence-electron chi connectivity index (χ1n) is 9.38. The Kier molecular flexibility index (Phi) is 9.00. The number of nitrogens with zero attached hydrogens (tertiary/aromatic N) is 3. The van der Waals surface area contributed by atoms with E-state index in [1.54, 1.807) is 6.20 Å². The van der Waals surface area contributed by atoms with Gasteiger partial charge in [0.2, 0.25) is 0 Å². The molecule has 3 rings (SSSR count). The van der Waals surface area contributed by atoms with Gasteiger partial charge in [-0.3, -0.25) is 0 Å². The van der Waals surface area contributed by atoms with Crippen molar-refractivity contribution in [3.8, 4) is 0 Å². The number of imidazole rings is 1. The molecule has 0 bridgehead atoms. The van der Waals surface area contributed by atoms with Gasteiger partial charge in [0.25, 0.3) is 0 Å². The fourth-order valence-corrected chi connectivity index (χ4v) is 2.86. The molecule has 0 aliphatic carbocycles. The second kappa shape index (κ2) is 11.5. The van der Waals surface area contributed by atoms with Crippen molar-refractivity contribution in [1.82, 2.24) is 20.2 Å². The summed E-state index contributed by atoms with van der Waals surface area (Å²) in [6.45, 7) is 6.53. The summed E-state index contributed by atoms with van der Waals surface area (Å²) in [5.41, 5.74) is 3.68. The molecular formula is C22H28IN5. The highest BCUT2D eigenvalue weighted by atomic mass is 127. The van der Waals surface area contributed by atoms with Crippen LogP contribution in [0, 0.1) is 0 Å². The van der Waals surface area contributed by atoms with Gasteiger partial charge in [0, 0.05) is 25.5 Å². The van der Waals surface area contributed by atoms with E-state index in [1.165, 1.54) is 16.7 Å². The highest BCUT2D eigenvalue weighted by Crippen LogP contribution is 2.11. The molecule has 1 unspecified atom stereocenters. The Hall–Kier alpha value is -2.35. The first kappa shape index (κ1) is 21.9. The molecule has 2 N–H and O–H groups in total. The minimum absolute atomic E-state index is 0. The fraction of sp³-hybridized carbons (Fsp3) is 0.273. The zero-order valence-corrected chi connectivity index (χ0v) is 18.7. The molecule has 0 radical (unpaired) electrons. The van der Waals surface area contributed by atoms with Gasteiger partial charge in [0.05, 0.1) is 18.9 Å². The maximum Gasteiger partial charge on any atom is 0.192 e. The normalized spacial score (nSPS) is 12.1. The van der Waals surface area contributed by atoms with Crippen LogP contribution in [0.25, 0.3) is 0 Å². The van der Waals surface area contributed by atoms with Gasteiger partial charge in [-0.05, 0) is 30.5 Å². The summed E-state index contributed by atoms with van der Waals surface area (Å²) in [4.78, 5) is 8.81. The van der Waals surface area contributed by atoms with Crippen molar-refractivity contribution >= 4 is 29.9 Å². The summed E-state index contributed by atoms with van der Waals surface area (Å²) in [7, 11) is 0. The van der Waals surface area contributed by atoms with Gasteiger partial charge in [-0.25, -0.2) is 9.98 Å². The van der Waals surface area contributed by atoms with Crippen LogP contribution in [0.5, 0.6) is 0 Å². The maximum atomic E-state index is 4.73. The molecule has 1 heterocycles. The second-order valence-corrected chi connectivity index (χ2v) is 6.52. The van der Waals surface area contributed by atoms with Crippen LogP contribution in [0.3, 0.4) is 0 Å². The molecule has 0 spiro atoms. The summed E-state index contributed by atoms with van der Waals surface area (Å²) >= 11 is 0. The Labute approximate surface area is 184 Å². The number of aromatic nitrogens is 2. The lowest BCUT2D eigenvalue weighted by molar-refractivity contribution is 0.686. The molecule has 1 aromatic heterocycles. The predicted octanol–water partition coefficient (Wildman–Crippen LogP) is 4.37. The third kappa shape index (κ3) is 6.67. The average molecular weight is 489 g/mol. The average Bonchev–Trinajstić information content (AvgIpc) is 3.21. The largest absolute Gasteiger partial charge is 0.357 e. The van der Waals surface area contributed by atoms with Crippen LogP contribution in [0.1, 0.15) is 36.6 Å². The van der Waals surface area contributed by atoms with Crippen molar-refractivity contribution in [1.29, 1.82) is 0 Å². The number of nitrogens with one attached hydrogen (secondary N) is 2. The minimum Gasteiger partial charge on any atom is -0.357 e. The zero-order valence-electron chi connectivity index (χ0n) is 16.4. The number of rotatable bonds is 7. The first-order chi connectivity index (χ1) is 13.2. The van der Waals surface area contributed by atoms with Gasteiger partial charge in [-0.2, -0.15) is 0 Å². The van der Waals surface area contributed by atoms with Crippen LogP contribution >= 0.6 is 24.0 Å². The Morgan fingerprint density at radius 1 is 1.07 bits per heavy atom. The topological polar surface area (TPSA) is 54.2 Å². The molecular weight excluding hydrogens is 461 g/mol. The van der Waals surface area contributed by atoms with E-state index in [9.17, 15) is 0 Å². The van der Waals surface area contributed by atoms with Crippen LogP contribution < -0.4 is 10.6 Å². The van der Waals surface area contributed by atoms with E-state index >= 15 is 0 Å². The standard InChI is InChI=1S/C22H27N5.HI/c1-3-24-22(26-18(2)21-7-5-4-6-8-21)25-15-19-9-11-20(12-10-19)16-27-14-13-23-17-27;/h4-14,17-18H,3,15-16H2,1-2H3,(H2,24,25,26);1H. The van der Waals surface area contributed by atoms with Crippen molar-refractivity contribution in [2.24, 2.45) is 4.99 Å². The van der Waals surface area contributed by atoms with Crippen LogP contribution in [0.2, 0.25) is 0 Å². The summed E-state index contributed by atoms with van der Waals surface area (Å²) in [6, 6.07) is 19.2. The summed E-state index contributed by atoms with van der Waals surface area (Å²) < 4.78 is 2.06. The first-order valence-corrected chi connectivity index (χ1v) is 9.38. The lowest BCUT2D eigenvalue weighted by atomic mass is 10.1. The highest BCUT2D eigenvalue weighted by molar-refractivity contribution is 14.0. The fourth-order valence-electron chi connectivity index (χ4n) is 2.86. The Morgan fingerprint density at radius 2 is 1.79 bits per heavy atom. The van der Waals surface area contributed by atoms with E-state index in [-0.39, 0.29) is 30.0 Å². The Bertz CT molecular complexity index is 829. The summed E-state index contributed by atoms with van der Waals surface area (Å²) in [6.07, 6.45) is 5.61. The number of halogens is 1. The van der Waals surface area contributed by atoms with E-state index in [0.717, 1.165) is 19.0 Å². The van der Waals surface area contributed by atoms with Crippen molar-refractivity contribution in [2.75, 3.05) is 6.54 Å². The SMILES string of the molecule is CCNC(=NCc1ccc(Cn2ccnc2)cc1)NC(C)c1ccccc1.I. The van der Waals surface area contributed by atoms with Gasteiger partial charge in [0.1, 0.15) is 0 Å². The monoisotopic (exact) mass is 489 g/mol. The van der Waals surface area contributed by atoms with E-state index in [2.05, 4.69) is 82.6 Å². The van der Waals surface area contributed by atoms with Gasteiger partial charge >= 0.3 is 0 Å². The molecule has 28 heavy (non-hydrogen) atoms. The molecule has 0 saturated carbocycles. The molecule has 2 aromatic carbocycles. The maximum absolute atomic E-state index is 4.73. The van der Waals surface area contributed by atoms with Crippen LogP contribution in [-0.2, 0) is 13.1 Å². The van der Waals surface area contributed by atoms with E-state index in [1.807, 2.05) is 18.6 Å². The van der Waals surface area contributed by atoms with Crippen LogP contribution in [0.4, 0.5) is 0 Å². The van der Waals surface area contributed by atoms with Crippen molar-refractivity contribution in [3.63, 3.8) is 0 Å². The quantitative estimate of drug-likeness (QED) is 0.295. The number of benzene rings is 2. The molecule has 0 fully saturated rings. The minimum atomic E-state index is 0. The number of hydrogen-bond acceptors (Lipinski definition) is 2. The predicted molar refractivity (Wildman–Crippen MR) is 126 cm³/mol. The lowest BCUT2D eigenvalue weighted by Gasteiger charge is -2.18. The zero-order chi connectivity index (χ0) is 18.9. The molecule has 0 aliphatic rings. The molecule has 3 aromatic rings. The molecule has 1 atom stereocenters. The van der Waals surface area contributed by atoms with Crippen molar-refractivity contribution in [2.45, 2.75) is 33.0 Å². The summed E-state index contributed by atoms with van der Waals surface area (Å²) in [5.74, 6) is 0.830. The van der Waals surface area contributed by atoms with Crippen LogP contribution in [0.15, 0.2) is 78.3 Å². The van der Waals surface area contributed by atoms with Crippen molar-refractivity contribution < 1.29 is 0 Å². The summed E-state index contributed by atoms with van der Waals surface area (Å²) in [5, 5.41) is 6.80. The van der Waals surface area contributed by atoms with Gasteiger partial charge in [0.15, 0.2) is 5.96 Å². The number of hydrogen-bond donors (Lipinski definition) is 2. The van der Waals surface area contributed by atoms with Crippen LogP contribution in [-0.4, -0.2) is 22.1 Å². The smallest absolute Gasteiger partial charge is 0.192 e. The van der Waals surface area contributed by atoms with Gasteiger partial charge < -0.3 is 15.2 Å². The second-order valence-electron chi connectivity index (χ2n) is 6.52.